The van der Waals surface area contributed by atoms with Crippen LogP contribution in [-0.2, 0) is 13.1 Å². The van der Waals surface area contributed by atoms with Crippen LogP contribution in [0.4, 0.5) is 0 Å². The number of hydrogen-bond acceptors (Lipinski definition) is 5. The van der Waals surface area contributed by atoms with Crippen LogP contribution in [0.5, 0.6) is 0 Å². The highest BCUT2D eigenvalue weighted by atomic mass is 32.1. The van der Waals surface area contributed by atoms with Crippen molar-refractivity contribution in [2.45, 2.75) is 13.1 Å². The van der Waals surface area contributed by atoms with Gasteiger partial charge in [0.1, 0.15) is 5.69 Å². The van der Waals surface area contributed by atoms with Gasteiger partial charge in [-0.05, 0) is 28.5 Å². The van der Waals surface area contributed by atoms with Gasteiger partial charge in [-0.25, -0.2) is 0 Å². The predicted octanol–water partition coefficient (Wildman–Crippen LogP) is 4.68. The van der Waals surface area contributed by atoms with Crippen LogP contribution < -0.4 is 0 Å². The first kappa shape index (κ1) is 20.2. The Kier molecular flexibility index (Phi) is 5.97. The minimum absolute atomic E-state index is 0.0819. The van der Waals surface area contributed by atoms with Crippen molar-refractivity contribution in [3.63, 3.8) is 0 Å². The molecule has 0 radical (unpaired) electrons. The number of nitrogens with zero attached hydrogens (tertiary/aromatic N) is 4. The van der Waals surface area contributed by atoms with E-state index in [1.54, 1.807) is 22.7 Å². The molecule has 4 aromatic rings. The summed E-state index contributed by atoms with van der Waals surface area (Å²) in [5, 5.41) is 8.95. The molecule has 0 bridgehead atoms. The molecule has 31 heavy (non-hydrogen) atoms. The van der Waals surface area contributed by atoms with Gasteiger partial charge in [-0.2, -0.15) is 5.10 Å². The molecule has 0 aliphatic carbocycles. The van der Waals surface area contributed by atoms with E-state index in [2.05, 4.69) is 34.5 Å². The summed E-state index contributed by atoms with van der Waals surface area (Å²) in [6, 6.07) is 18.6. The molecule has 3 aromatic heterocycles. The van der Waals surface area contributed by atoms with E-state index in [4.69, 9.17) is 5.10 Å². The fourth-order valence-corrected chi connectivity index (χ4v) is 5.40. The number of hydrogen-bond donors (Lipinski definition) is 0. The number of carbonyl (C=O) groups excluding carboxylic acids is 1. The molecule has 1 saturated heterocycles. The van der Waals surface area contributed by atoms with Gasteiger partial charge in [0, 0.05) is 43.8 Å². The zero-order chi connectivity index (χ0) is 21.0. The van der Waals surface area contributed by atoms with Gasteiger partial charge in [0.05, 0.1) is 17.0 Å². The summed E-state index contributed by atoms with van der Waals surface area (Å²) in [5.41, 5.74) is 2.66. The molecule has 0 N–H and O–H groups in total. The third kappa shape index (κ3) is 4.63. The number of rotatable bonds is 6. The van der Waals surface area contributed by atoms with Crippen LogP contribution in [0.25, 0.3) is 10.6 Å². The van der Waals surface area contributed by atoms with Gasteiger partial charge < -0.3 is 4.90 Å². The molecule has 0 saturated carbocycles. The summed E-state index contributed by atoms with van der Waals surface area (Å²) >= 11 is 3.41. The lowest BCUT2D eigenvalue weighted by Crippen LogP contribution is -2.48. The third-order valence-electron chi connectivity index (χ3n) is 5.55. The highest BCUT2D eigenvalue weighted by molar-refractivity contribution is 7.13. The largest absolute Gasteiger partial charge is 0.336 e. The number of benzene rings is 1. The van der Waals surface area contributed by atoms with Gasteiger partial charge in [0.25, 0.3) is 5.91 Å². The van der Waals surface area contributed by atoms with E-state index in [9.17, 15) is 4.79 Å². The van der Waals surface area contributed by atoms with Gasteiger partial charge >= 0.3 is 0 Å². The van der Waals surface area contributed by atoms with Crippen molar-refractivity contribution in [3.8, 4) is 10.6 Å². The van der Waals surface area contributed by atoms with Gasteiger partial charge in [-0.1, -0.05) is 42.5 Å². The van der Waals surface area contributed by atoms with Crippen molar-refractivity contribution in [1.29, 1.82) is 0 Å². The Morgan fingerprint density at radius 3 is 2.35 bits per heavy atom. The van der Waals surface area contributed by atoms with Crippen molar-refractivity contribution in [1.82, 2.24) is 19.6 Å². The number of aromatic nitrogens is 2. The van der Waals surface area contributed by atoms with Crippen LogP contribution in [-0.4, -0.2) is 51.7 Å². The highest BCUT2D eigenvalue weighted by Gasteiger charge is 2.27. The van der Waals surface area contributed by atoms with E-state index in [1.807, 2.05) is 51.5 Å². The fourth-order valence-electron chi connectivity index (χ4n) is 3.93. The standard InChI is InChI=1S/C24H24N4OS2/c29-24(27-12-10-26(11-13-27)17-20-8-4-14-30-20)21-18-28(16-19-6-2-1-3-7-19)25-23(21)22-9-5-15-31-22/h1-9,14-15,18H,10-13,16-17H2. The Labute approximate surface area is 190 Å². The quantitative estimate of drug-likeness (QED) is 0.430. The normalized spacial score (nSPS) is 14.8. The first-order valence-corrected chi connectivity index (χ1v) is 12.2. The zero-order valence-electron chi connectivity index (χ0n) is 17.2. The fraction of sp³-hybridized carbons (Fsp3) is 0.250. The molecule has 0 unspecified atom stereocenters. The Balaban J connectivity index is 1.33. The zero-order valence-corrected chi connectivity index (χ0v) is 18.8. The Bertz CT molecular complexity index is 1110. The molecular weight excluding hydrogens is 424 g/mol. The van der Waals surface area contributed by atoms with Crippen molar-refractivity contribution in [2.24, 2.45) is 0 Å². The molecule has 1 aliphatic heterocycles. The number of carbonyl (C=O) groups is 1. The van der Waals surface area contributed by atoms with E-state index in [0.717, 1.165) is 43.3 Å². The average molecular weight is 449 g/mol. The topological polar surface area (TPSA) is 41.4 Å². The maximum Gasteiger partial charge on any atom is 0.257 e. The number of thiophene rings is 2. The molecule has 158 valence electrons. The minimum atomic E-state index is 0.0819. The first-order chi connectivity index (χ1) is 15.3. The van der Waals surface area contributed by atoms with Crippen molar-refractivity contribution < 1.29 is 4.79 Å². The smallest absolute Gasteiger partial charge is 0.257 e. The second-order valence-electron chi connectivity index (χ2n) is 7.70. The summed E-state index contributed by atoms with van der Waals surface area (Å²) in [7, 11) is 0. The monoisotopic (exact) mass is 448 g/mol. The van der Waals surface area contributed by atoms with E-state index >= 15 is 0 Å². The number of piperazine rings is 1. The summed E-state index contributed by atoms with van der Waals surface area (Å²) < 4.78 is 1.89. The Morgan fingerprint density at radius 1 is 0.871 bits per heavy atom. The van der Waals surface area contributed by atoms with E-state index in [-0.39, 0.29) is 5.91 Å². The lowest BCUT2D eigenvalue weighted by Gasteiger charge is -2.34. The van der Waals surface area contributed by atoms with E-state index < -0.39 is 0 Å². The van der Waals surface area contributed by atoms with Gasteiger partial charge in [-0.15, -0.1) is 22.7 Å². The molecule has 1 aromatic carbocycles. The molecule has 1 aliphatic rings. The van der Waals surface area contributed by atoms with Crippen LogP contribution in [0.3, 0.4) is 0 Å². The average Bonchev–Trinajstić information content (AvgIpc) is 3.57. The molecule has 5 nitrogen and oxygen atoms in total. The van der Waals surface area contributed by atoms with Crippen LogP contribution >= 0.6 is 22.7 Å². The summed E-state index contributed by atoms with van der Waals surface area (Å²) in [6.45, 7) is 4.92. The molecule has 4 heterocycles. The molecule has 0 spiro atoms. The minimum Gasteiger partial charge on any atom is -0.336 e. The molecule has 1 amide bonds. The van der Waals surface area contributed by atoms with Crippen molar-refractivity contribution in [3.05, 3.63) is 87.6 Å². The molecular formula is C24H24N4OS2. The van der Waals surface area contributed by atoms with E-state index in [1.165, 1.54) is 10.4 Å². The molecule has 7 heteroatoms. The summed E-state index contributed by atoms with van der Waals surface area (Å²) in [6.07, 6.45) is 1.92. The molecule has 0 atom stereocenters. The van der Waals surface area contributed by atoms with Gasteiger partial charge in [0.2, 0.25) is 0 Å². The second-order valence-corrected chi connectivity index (χ2v) is 9.68. The lowest BCUT2D eigenvalue weighted by atomic mass is 10.1. The van der Waals surface area contributed by atoms with Crippen LogP contribution in [0, 0.1) is 0 Å². The van der Waals surface area contributed by atoms with E-state index in [0.29, 0.717) is 12.1 Å². The molecule has 1 fully saturated rings. The lowest BCUT2D eigenvalue weighted by molar-refractivity contribution is 0.0630. The van der Waals surface area contributed by atoms with Gasteiger partial charge in [0.15, 0.2) is 0 Å². The maximum atomic E-state index is 13.5. The summed E-state index contributed by atoms with van der Waals surface area (Å²) in [5.74, 6) is 0.0819. The van der Waals surface area contributed by atoms with Gasteiger partial charge in [-0.3, -0.25) is 14.4 Å². The second kappa shape index (κ2) is 9.18. The first-order valence-electron chi connectivity index (χ1n) is 10.5. The van der Waals surface area contributed by atoms with Crippen LogP contribution in [0.1, 0.15) is 20.8 Å². The number of amides is 1. The van der Waals surface area contributed by atoms with Crippen molar-refractivity contribution in [2.75, 3.05) is 26.2 Å². The Morgan fingerprint density at radius 2 is 1.65 bits per heavy atom. The maximum absolute atomic E-state index is 13.5. The Hall–Kier alpha value is -2.74. The molecule has 5 rings (SSSR count). The highest BCUT2D eigenvalue weighted by Crippen LogP contribution is 2.28. The van der Waals surface area contributed by atoms with Crippen LogP contribution in [0.2, 0.25) is 0 Å². The third-order valence-corrected chi connectivity index (χ3v) is 7.29. The predicted molar refractivity (Wildman–Crippen MR) is 127 cm³/mol. The SMILES string of the molecule is O=C(c1cn(Cc2ccccc2)nc1-c1cccs1)N1CCN(Cc2cccs2)CC1. The van der Waals surface area contributed by atoms with Crippen molar-refractivity contribution >= 4 is 28.6 Å². The summed E-state index contributed by atoms with van der Waals surface area (Å²) in [4.78, 5) is 20.3. The van der Waals surface area contributed by atoms with Crippen LogP contribution in [0.15, 0.2) is 71.6 Å².